The van der Waals surface area contributed by atoms with Crippen LogP contribution in [0.15, 0.2) is 71.7 Å². The average Bonchev–Trinajstić information content (AvgIpc) is 2.92. The second-order valence-electron chi connectivity index (χ2n) is 6.93. The zero-order chi connectivity index (χ0) is 21.1. The standard InChI is InChI=1S/C24H20F2N2O2/c1-2-30-24(27-23(29)21-13-18(25)11-12-22(21)26)28-14-16-7-3-5-9-19(16)20-10-6-4-8-17(20)15-28/h3-13H,2,14-15H2,1H3. The topological polar surface area (TPSA) is 41.9 Å². The third-order valence-corrected chi connectivity index (χ3v) is 4.95. The van der Waals surface area contributed by atoms with Crippen LogP contribution in [0.25, 0.3) is 11.1 Å². The Labute approximate surface area is 173 Å². The Hall–Kier alpha value is -3.54. The summed E-state index contributed by atoms with van der Waals surface area (Å²) in [5.41, 5.74) is 3.89. The van der Waals surface area contributed by atoms with Gasteiger partial charge in [0, 0.05) is 13.1 Å². The molecular formula is C24H20F2N2O2. The molecule has 30 heavy (non-hydrogen) atoms. The molecule has 0 saturated heterocycles. The van der Waals surface area contributed by atoms with Gasteiger partial charge in [0.1, 0.15) is 11.6 Å². The van der Waals surface area contributed by atoms with Crippen LogP contribution in [0.3, 0.4) is 0 Å². The van der Waals surface area contributed by atoms with Crippen LogP contribution in [0.4, 0.5) is 8.78 Å². The lowest BCUT2D eigenvalue weighted by Crippen LogP contribution is -2.32. The molecule has 0 radical (unpaired) electrons. The number of aliphatic imine (C=N–C) groups is 1. The largest absolute Gasteiger partial charge is 0.465 e. The van der Waals surface area contributed by atoms with Gasteiger partial charge in [-0.25, -0.2) is 8.78 Å². The average molecular weight is 406 g/mol. The maximum Gasteiger partial charge on any atom is 0.296 e. The van der Waals surface area contributed by atoms with Crippen molar-refractivity contribution in [3.63, 3.8) is 0 Å². The minimum Gasteiger partial charge on any atom is -0.465 e. The SMILES string of the molecule is CCOC(=NC(=O)c1cc(F)ccc1F)N1Cc2ccccc2-c2ccccc2C1. The van der Waals surface area contributed by atoms with Crippen molar-refractivity contribution in [3.8, 4) is 11.1 Å². The molecule has 4 nitrogen and oxygen atoms in total. The fourth-order valence-corrected chi connectivity index (χ4v) is 3.58. The van der Waals surface area contributed by atoms with Crippen molar-refractivity contribution < 1.29 is 18.3 Å². The Bertz CT molecular complexity index is 1080. The van der Waals surface area contributed by atoms with Crippen molar-refractivity contribution in [1.29, 1.82) is 0 Å². The van der Waals surface area contributed by atoms with Crippen LogP contribution in [-0.4, -0.2) is 23.4 Å². The molecule has 0 saturated carbocycles. The van der Waals surface area contributed by atoms with Gasteiger partial charge in [0.05, 0.1) is 12.2 Å². The van der Waals surface area contributed by atoms with Crippen molar-refractivity contribution in [2.45, 2.75) is 20.0 Å². The first kappa shape index (κ1) is 19.8. The fourth-order valence-electron chi connectivity index (χ4n) is 3.58. The molecule has 0 unspecified atom stereocenters. The number of carbonyl (C=O) groups is 1. The number of hydrogen-bond acceptors (Lipinski definition) is 2. The van der Waals surface area contributed by atoms with Crippen molar-refractivity contribution in [2.75, 3.05) is 6.61 Å². The van der Waals surface area contributed by atoms with Crippen LogP contribution < -0.4 is 0 Å². The highest BCUT2D eigenvalue weighted by atomic mass is 19.1. The molecule has 3 aromatic carbocycles. The summed E-state index contributed by atoms with van der Waals surface area (Å²) in [6.45, 7) is 2.98. The molecule has 0 bridgehead atoms. The van der Waals surface area contributed by atoms with E-state index in [1.807, 2.05) is 41.3 Å². The van der Waals surface area contributed by atoms with E-state index in [1.165, 1.54) is 0 Å². The first-order chi connectivity index (χ1) is 14.6. The Balaban J connectivity index is 1.75. The van der Waals surface area contributed by atoms with Gasteiger partial charge in [0.2, 0.25) is 0 Å². The van der Waals surface area contributed by atoms with Gasteiger partial charge in [-0.15, -0.1) is 0 Å². The molecule has 4 rings (SSSR count). The van der Waals surface area contributed by atoms with Crippen molar-refractivity contribution in [1.82, 2.24) is 4.90 Å². The van der Waals surface area contributed by atoms with E-state index in [9.17, 15) is 13.6 Å². The molecule has 152 valence electrons. The Kier molecular flexibility index (Phi) is 5.57. The lowest BCUT2D eigenvalue weighted by molar-refractivity contribution is 0.0989. The highest BCUT2D eigenvalue weighted by Gasteiger charge is 2.24. The summed E-state index contributed by atoms with van der Waals surface area (Å²) in [6, 6.07) is 18.8. The molecular weight excluding hydrogens is 386 g/mol. The van der Waals surface area contributed by atoms with Gasteiger partial charge >= 0.3 is 0 Å². The summed E-state index contributed by atoms with van der Waals surface area (Å²) in [5.74, 6) is -2.42. The van der Waals surface area contributed by atoms with Gasteiger partial charge in [-0.05, 0) is 47.4 Å². The van der Waals surface area contributed by atoms with Crippen LogP contribution in [0.5, 0.6) is 0 Å². The Morgan fingerprint density at radius 1 is 0.967 bits per heavy atom. The van der Waals surface area contributed by atoms with E-state index in [0.717, 1.165) is 40.5 Å². The zero-order valence-corrected chi connectivity index (χ0v) is 16.4. The van der Waals surface area contributed by atoms with Crippen LogP contribution >= 0.6 is 0 Å². The van der Waals surface area contributed by atoms with Crippen molar-refractivity contribution >= 4 is 11.9 Å². The molecule has 0 aromatic heterocycles. The summed E-state index contributed by atoms with van der Waals surface area (Å²) in [5, 5.41) is 0. The number of fused-ring (bicyclic) bond motifs is 3. The van der Waals surface area contributed by atoms with Gasteiger partial charge in [0.15, 0.2) is 0 Å². The molecule has 6 heteroatoms. The number of amidine groups is 1. The van der Waals surface area contributed by atoms with Crippen LogP contribution in [0.2, 0.25) is 0 Å². The Morgan fingerprint density at radius 2 is 1.57 bits per heavy atom. The second kappa shape index (κ2) is 8.45. The van der Waals surface area contributed by atoms with E-state index < -0.39 is 23.1 Å². The molecule has 1 aliphatic rings. The first-order valence-corrected chi connectivity index (χ1v) is 9.69. The lowest BCUT2D eigenvalue weighted by Gasteiger charge is -2.24. The number of ether oxygens (including phenoxy) is 1. The maximum absolute atomic E-state index is 14.0. The minimum absolute atomic E-state index is 0.0812. The van der Waals surface area contributed by atoms with E-state index in [2.05, 4.69) is 17.1 Å². The zero-order valence-electron chi connectivity index (χ0n) is 16.4. The van der Waals surface area contributed by atoms with Gasteiger partial charge in [-0.2, -0.15) is 4.99 Å². The maximum atomic E-state index is 14.0. The quantitative estimate of drug-likeness (QED) is 0.435. The summed E-state index contributed by atoms with van der Waals surface area (Å²) >= 11 is 0. The van der Waals surface area contributed by atoms with Gasteiger partial charge < -0.3 is 9.64 Å². The predicted octanol–water partition coefficient (Wildman–Crippen LogP) is 5.18. The third-order valence-electron chi connectivity index (χ3n) is 4.95. The van der Waals surface area contributed by atoms with E-state index in [1.54, 1.807) is 6.92 Å². The smallest absolute Gasteiger partial charge is 0.296 e. The number of halogens is 2. The third kappa shape index (κ3) is 3.94. The monoisotopic (exact) mass is 406 g/mol. The summed E-state index contributed by atoms with van der Waals surface area (Å²) in [7, 11) is 0. The number of hydrogen-bond donors (Lipinski definition) is 0. The van der Waals surface area contributed by atoms with Gasteiger partial charge in [-0.1, -0.05) is 48.5 Å². The summed E-state index contributed by atoms with van der Waals surface area (Å²) in [4.78, 5) is 18.5. The lowest BCUT2D eigenvalue weighted by atomic mass is 9.97. The van der Waals surface area contributed by atoms with E-state index in [4.69, 9.17) is 4.74 Å². The van der Waals surface area contributed by atoms with E-state index >= 15 is 0 Å². The van der Waals surface area contributed by atoms with Gasteiger partial charge in [0.25, 0.3) is 11.9 Å². The van der Waals surface area contributed by atoms with Crippen molar-refractivity contribution in [2.24, 2.45) is 4.99 Å². The fraction of sp³-hybridized carbons (Fsp3) is 0.167. The molecule has 1 amide bonds. The molecule has 0 fully saturated rings. The molecule has 0 aliphatic carbocycles. The molecule has 0 atom stereocenters. The van der Waals surface area contributed by atoms with Crippen molar-refractivity contribution in [3.05, 3.63) is 95.1 Å². The van der Waals surface area contributed by atoms with Crippen LogP contribution in [0, 0.1) is 11.6 Å². The molecule has 1 aliphatic heterocycles. The summed E-state index contributed by atoms with van der Waals surface area (Å²) < 4.78 is 33.2. The number of benzene rings is 3. The summed E-state index contributed by atoms with van der Waals surface area (Å²) in [6.07, 6.45) is 0. The molecule has 1 heterocycles. The number of rotatable bonds is 2. The molecule has 0 spiro atoms. The molecule has 0 N–H and O–H groups in total. The van der Waals surface area contributed by atoms with Crippen LogP contribution in [0.1, 0.15) is 28.4 Å². The van der Waals surface area contributed by atoms with E-state index in [0.29, 0.717) is 13.1 Å². The second-order valence-corrected chi connectivity index (χ2v) is 6.93. The minimum atomic E-state index is -0.888. The predicted molar refractivity (Wildman–Crippen MR) is 111 cm³/mol. The molecule has 3 aromatic rings. The highest BCUT2D eigenvalue weighted by Crippen LogP contribution is 2.32. The first-order valence-electron chi connectivity index (χ1n) is 9.69. The van der Waals surface area contributed by atoms with Gasteiger partial charge in [-0.3, -0.25) is 4.79 Å². The van der Waals surface area contributed by atoms with Crippen LogP contribution in [-0.2, 0) is 17.8 Å². The Morgan fingerprint density at radius 3 is 2.17 bits per heavy atom. The number of carbonyl (C=O) groups excluding carboxylic acids is 1. The number of amides is 1. The number of nitrogens with zero attached hydrogens (tertiary/aromatic N) is 2. The highest BCUT2D eigenvalue weighted by molar-refractivity contribution is 6.01. The van der Waals surface area contributed by atoms with E-state index in [-0.39, 0.29) is 12.6 Å². The normalized spacial score (nSPS) is 13.3.